The van der Waals surface area contributed by atoms with Gasteiger partial charge in [-0.2, -0.15) is 0 Å². The average Bonchev–Trinajstić information content (AvgIpc) is 2.54. The van der Waals surface area contributed by atoms with Gasteiger partial charge in [-0.25, -0.2) is 0 Å². The van der Waals surface area contributed by atoms with Crippen molar-refractivity contribution in [1.82, 2.24) is 4.90 Å². The lowest BCUT2D eigenvalue weighted by molar-refractivity contribution is 0.162. The number of benzene rings is 1. The van der Waals surface area contributed by atoms with Crippen LogP contribution in [-0.4, -0.2) is 37.7 Å². The maximum absolute atomic E-state index is 6.41. The summed E-state index contributed by atoms with van der Waals surface area (Å²) in [6.45, 7) is 6.83. The van der Waals surface area contributed by atoms with E-state index in [4.69, 9.17) is 15.2 Å². The minimum Gasteiger partial charge on any atom is -0.486 e. The molecule has 0 radical (unpaired) electrons. The molecule has 4 heteroatoms. The van der Waals surface area contributed by atoms with E-state index >= 15 is 0 Å². The first kappa shape index (κ1) is 14.7. The highest BCUT2D eigenvalue weighted by atomic mass is 16.6. The standard InChI is InChI=1S/C17H26N2O2/c1-2-13-4-3-7-19(11-13)12-15(18)14-5-6-16-17(10-14)21-9-8-20-16/h5-6,10,13,15H,2-4,7-9,11-12,18H2,1H3. The molecule has 4 nitrogen and oxygen atoms in total. The molecule has 1 aromatic carbocycles. The maximum atomic E-state index is 6.41. The van der Waals surface area contributed by atoms with Crippen molar-refractivity contribution in [3.05, 3.63) is 23.8 Å². The molecule has 2 N–H and O–H groups in total. The summed E-state index contributed by atoms with van der Waals surface area (Å²) < 4.78 is 11.2. The molecule has 116 valence electrons. The number of nitrogens with zero attached hydrogens (tertiary/aromatic N) is 1. The van der Waals surface area contributed by atoms with Crippen LogP contribution < -0.4 is 15.2 Å². The number of rotatable bonds is 4. The van der Waals surface area contributed by atoms with Crippen LogP contribution in [0.3, 0.4) is 0 Å². The molecule has 0 spiro atoms. The second kappa shape index (κ2) is 6.67. The Kier molecular flexibility index (Phi) is 4.66. The second-order valence-corrected chi connectivity index (χ2v) is 6.19. The zero-order valence-corrected chi connectivity index (χ0v) is 12.9. The van der Waals surface area contributed by atoms with Gasteiger partial charge in [0.1, 0.15) is 13.2 Å². The highest BCUT2D eigenvalue weighted by Crippen LogP contribution is 2.32. The Bertz CT molecular complexity index is 478. The molecule has 3 rings (SSSR count). The SMILES string of the molecule is CCC1CCCN(CC(N)c2ccc3c(c2)OCCO3)C1. The summed E-state index contributed by atoms with van der Waals surface area (Å²) in [6, 6.07) is 6.13. The van der Waals surface area contributed by atoms with Gasteiger partial charge in [0.05, 0.1) is 0 Å². The lowest BCUT2D eigenvalue weighted by atomic mass is 9.95. The summed E-state index contributed by atoms with van der Waals surface area (Å²) in [5.41, 5.74) is 7.54. The Balaban J connectivity index is 1.63. The first-order chi connectivity index (χ1) is 10.3. The third-order valence-corrected chi connectivity index (χ3v) is 4.63. The Hall–Kier alpha value is -1.26. The quantitative estimate of drug-likeness (QED) is 0.926. The zero-order valence-electron chi connectivity index (χ0n) is 12.9. The van der Waals surface area contributed by atoms with E-state index in [-0.39, 0.29) is 6.04 Å². The van der Waals surface area contributed by atoms with Crippen LogP contribution in [0, 0.1) is 5.92 Å². The fourth-order valence-electron chi connectivity index (χ4n) is 3.32. The van der Waals surface area contributed by atoms with Crippen molar-refractivity contribution in [2.45, 2.75) is 32.2 Å². The average molecular weight is 290 g/mol. The van der Waals surface area contributed by atoms with Gasteiger partial charge in [0.25, 0.3) is 0 Å². The Morgan fingerprint density at radius 1 is 1.29 bits per heavy atom. The van der Waals surface area contributed by atoms with Crippen molar-refractivity contribution in [2.24, 2.45) is 11.7 Å². The largest absolute Gasteiger partial charge is 0.486 e. The van der Waals surface area contributed by atoms with Gasteiger partial charge in [0.15, 0.2) is 11.5 Å². The predicted octanol–water partition coefficient (Wildman–Crippen LogP) is 2.58. The van der Waals surface area contributed by atoms with Crippen molar-refractivity contribution in [3.63, 3.8) is 0 Å². The molecule has 2 atom stereocenters. The maximum Gasteiger partial charge on any atom is 0.161 e. The van der Waals surface area contributed by atoms with Gasteiger partial charge in [0.2, 0.25) is 0 Å². The van der Waals surface area contributed by atoms with Crippen LogP contribution in [0.1, 0.15) is 37.8 Å². The molecule has 0 saturated carbocycles. The number of hydrogen-bond acceptors (Lipinski definition) is 4. The van der Waals surface area contributed by atoms with Crippen LogP contribution in [0.2, 0.25) is 0 Å². The summed E-state index contributed by atoms with van der Waals surface area (Å²) in [5, 5.41) is 0. The molecule has 1 aromatic rings. The Labute approximate surface area is 127 Å². The van der Waals surface area contributed by atoms with E-state index in [9.17, 15) is 0 Å². The summed E-state index contributed by atoms with van der Waals surface area (Å²) in [4.78, 5) is 2.51. The van der Waals surface area contributed by atoms with Gasteiger partial charge >= 0.3 is 0 Å². The number of fused-ring (bicyclic) bond motifs is 1. The van der Waals surface area contributed by atoms with E-state index in [1.54, 1.807) is 0 Å². The van der Waals surface area contributed by atoms with Crippen LogP contribution in [0.5, 0.6) is 11.5 Å². The zero-order chi connectivity index (χ0) is 14.7. The van der Waals surface area contributed by atoms with Crippen LogP contribution in [-0.2, 0) is 0 Å². The molecule has 0 bridgehead atoms. The van der Waals surface area contributed by atoms with Gasteiger partial charge in [-0.3, -0.25) is 0 Å². The van der Waals surface area contributed by atoms with Crippen molar-refractivity contribution < 1.29 is 9.47 Å². The smallest absolute Gasteiger partial charge is 0.161 e. The monoisotopic (exact) mass is 290 g/mol. The second-order valence-electron chi connectivity index (χ2n) is 6.19. The Morgan fingerprint density at radius 3 is 2.90 bits per heavy atom. The Morgan fingerprint density at radius 2 is 2.10 bits per heavy atom. The summed E-state index contributed by atoms with van der Waals surface area (Å²) >= 11 is 0. The lowest BCUT2D eigenvalue weighted by Crippen LogP contribution is -2.39. The third kappa shape index (κ3) is 3.50. The predicted molar refractivity (Wildman–Crippen MR) is 83.8 cm³/mol. The van der Waals surface area contributed by atoms with Gasteiger partial charge in [-0.05, 0) is 43.0 Å². The topological polar surface area (TPSA) is 47.7 Å². The molecule has 1 saturated heterocycles. The van der Waals surface area contributed by atoms with E-state index in [0.29, 0.717) is 13.2 Å². The lowest BCUT2D eigenvalue weighted by Gasteiger charge is -2.34. The fourth-order valence-corrected chi connectivity index (χ4v) is 3.32. The molecule has 0 aromatic heterocycles. The first-order valence-electron chi connectivity index (χ1n) is 8.13. The van der Waals surface area contributed by atoms with Gasteiger partial charge in [-0.15, -0.1) is 0 Å². The molecule has 1 fully saturated rings. The molecule has 0 amide bonds. The fraction of sp³-hybridized carbons (Fsp3) is 0.647. The number of piperidine rings is 1. The van der Waals surface area contributed by atoms with Gasteiger partial charge < -0.3 is 20.1 Å². The highest BCUT2D eigenvalue weighted by Gasteiger charge is 2.21. The molecule has 2 unspecified atom stereocenters. The third-order valence-electron chi connectivity index (χ3n) is 4.63. The van der Waals surface area contributed by atoms with Crippen LogP contribution >= 0.6 is 0 Å². The minimum atomic E-state index is 0.0384. The van der Waals surface area contributed by atoms with Crippen LogP contribution in [0.15, 0.2) is 18.2 Å². The molecular formula is C17H26N2O2. The number of likely N-dealkylation sites (tertiary alicyclic amines) is 1. The summed E-state index contributed by atoms with van der Waals surface area (Å²) in [7, 11) is 0. The number of hydrogen-bond donors (Lipinski definition) is 1. The van der Waals surface area contributed by atoms with Crippen LogP contribution in [0.4, 0.5) is 0 Å². The summed E-state index contributed by atoms with van der Waals surface area (Å²) in [6.07, 6.45) is 3.94. The molecule has 2 aliphatic rings. The van der Waals surface area contributed by atoms with Crippen molar-refractivity contribution in [2.75, 3.05) is 32.8 Å². The van der Waals surface area contributed by atoms with E-state index < -0.39 is 0 Å². The normalized spacial score (nSPS) is 23.8. The molecule has 21 heavy (non-hydrogen) atoms. The van der Waals surface area contributed by atoms with E-state index in [1.807, 2.05) is 12.1 Å². The van der Waals surface area contributed by atoms with Crippen molar-refractivity contribution >= 4 is 0 Å². The van der Waals surface area contributed by atoms with E-state index in [2.05, 4.69) is 17.9 Å². The highest BCUT2D eigenvalue weighted by molar-refractivity contribution is 5.44. The molecule has 2 heterocycles. The summed E-state index contributed by atoms with van der Waals surface area (Å²) in [5.74, 6) is 2.51. The molecule has 0 aliphatic carbocycles. The van der Waals surface area contributed by atoms with Gasteiger partial charge in [-0.1, -0.05) is 19.4 Å². The van der Waals surface area contributed by atoms with Crippen molar-refractivity contribution in [1.29, 1.82) is 0 Å². The van der Waals surface area contributed by atoms with Gasteiger partial charge in [0, 0.05) is 19.1 Å². The minimum absolute atomic E-state index is 0.0384. The van der Waals surface area contributed by atoms with E-state index in [1.165, 1.54) is 32.4 Å². The van der Waals surface area contributed by atoms with Crippen LogP contribution in [0.25, 0.3) is 0 Å². The molecule has 2 aliphatic heterocycles. The van der Waals surface area contributed by atoms with Crippen molar-refractivity contribution in [3.8, 4) is 11.5 Å². The first-order valence-corrected chi connectivity index (χ1v) is 8.13. The number of ether oxygens (including phenoxy) is 2. The molecular weight excluding hydrogens is 264 g/mol. The number of nitrogens with two attached hydrogens (primary N) is 1. The van der Waals surface area contributed by atoms with E-state index in [0.717, 1.165) is 29.5 Å².